The van der Waals surface area contributed by atoms with Gasteiger partial charge in [0.2, 0.25) is 11.7 Å². The molecule has 2 rings (SSSR count). The highest BCUT2D eigenvalue weighted by Gasteiger charge is 2.22. The highest BCUT2D eigenvalue weighted by atomic mass is 35.5. The van der Waals surface area contributed by atoms with Crippen molar-refractivity contribution in [3.05, 3.63) is 34.9 Å². The van der Waals surface area contributed by atoms with Crippen LogP contribution in [-0.4, -0.2) is 16.2 Å². The van der Waals surface area contributed by atoms with Crippen LogP contribution in [0.2, 0.25) is 5.02 Å². The van der Waals surface area contributed by atoms with E-state index in [1.54, 1.807) is 0 Å². The molecular weight excluding hydrogens is 269 g/mol. The van der Waals surface area contributed by atoms with Gasteiger partial charge in [-0.1, -0.05) is 23.7 Å². The molecule has 2 atom stereocenters. The van der Waals surface area contributed by atoms with Gasteiger partial charge in [0.05, 0.1) is 10.9 Å². The van der Waals surface area contributed by atoms with Crippen LogP contribution < -0.4 is 5.73 Å². The predicted octanol–water partition coefficient (Wildman–Crippen LogP) is 3.37. The molecule has 0 saturated carbocycles. The van der Waals surface area contributed by atoms with Gasteiger partial charge < -0.3 is 10.3 Å². The smallest absolute Gasteiger partial charge is 0.231 e. The predicted molar refractivity (Wildman–Crippen MR) is 71.4 cm³/mol. The molecule has 4 nitrogen and oxygen atoms in total. The zero-order chi connectivity index (χ0) is 14.0. The van der Waals surface area contributed by atoms with Crippen molar-refractivity contribution in [2.75, 3.05) is 0 Å². The Hall–Kier alpha value is -1.46. The van der Waals surface area contributed by atoms with Gasteiger partial charge in [-0.15, -0.1) is 0 Å². The van der Waals surface area contributed by atoms with E-state index in [0.29, 0.717) is 17.3 Å². The van der Waals surface area contributed by atoms with Crippen molar-refractivity contribution in [3.8, 4) is 11.4 Å². The summed E-state index contributed by atoms with van der Waals surface area (Å²) in [6.07, 6.45) is 0.802. The molecule has 2 N–H and O–H groups in total. The normalized spacial score (nSPS) is 14.4. The molecule has 2 aromatic rings. The molecule has 0 radical (unpaired) electrons. The van der Waals surface area contributed by atoms with Gasteiger partial charge in [-0.3, -0.25) is 0 Å². The Morgan fingerprint density at radius 1 is 1.47 bits per heavy atom. The summed E-state index contributed by atoms with van der Waals surface area (Å²) < 4.78 is 18.2. The fraction of sp³-hybridized carbons (Fsp3) is 0.385. The number of hydrogen-bond acceptors (Lipinski definition) is 4. The lowest BCUT2D eigenvalue weighted by atomic mass is 9.99. The van der Waals surface area contributed by atoms with Gasteiger partial charge in [0.25, 0.3) is 0 Å². The molecular formula is C13H15ClFN3O. The largest absolute Gasteiger partial charge is 0.339 e. The van der Waals surface area contributed by atoms with Crippen LogP contribution in [-0.2, 0) is 0 Å². The summed E-state index contributed by atoms with van der Waals surface area (Å²) in [7, 11) is 0. The van der Waals surface area contributed by atoms with Gasteiger partial charge in [-0.25, -0.2) is 4.39 Å². The van der Waals surface area contributed by atoms with Crippen LogP contribution in [0.15, 0.2) is 22.7 Å². The highest BCUT2D eigenvalue weighted by molar-refractivity contribution is 6.33. The Kier molecular flexibility index (Phi) is 4.17. The molecule has 2 unspecified atom stereocenters. The van der Waals surface area contributed by atoms with Gasteiger partial charge in [0.15, 0.2) is 0 Å². The third kappa shape index (κ3) is 2.93. The van der Waals surface area contributed by atoms with Crippen molar-refractivity contribution < 1.29 is 8.91 Å². The minimum absolute atomic E-state index is 0.000439. The molecule has 19 heavy (non-hydrogen) atoms. The van der Waals surface area contributed by atoms with Crippen molar-refractivity contribution in [2.45, 2.75) is 32.2 Å². The molecule has 0 amide bonds. The average Bonchev–Trinajstić information content (AvgIpc) is 2.78. The van der Waals surface area contributed by atoms with Crippen LogP contribution in [0.5, 0.6) is 0 Å². The second-order valence-electron chi connectivity index (χ2n) is 4.45. The summed E-state index contributed by atoms with van der Waals surface area (Å²) in [4.78, 5) is 4.30. The Labute approximate surface area is 115 Å². The van der Waals surface area contributed by atoms with Gasteiger partial charge in [-0.2, -0.15) is 4.98 Å². The minimum Gasteiger partial charge on any atom is -0.339 e. The molecule has 0 spiro atoms. The third-order valence-electron chi connectivity index (χ3n) is 3.01. The molecule has 0 bridgehead atoms. The van der Waals surface area contributed by atoms with E-state index in [4.69, 9.17) is 21.9 Å². The second kappa shape index (κ2) is 5.67. The maximum absolute atomic E-state index is 13.0. The SMILES string of the molecule is CCC(c1nc(-c2ccc(F)cc2Cl)no1)C(C)N. The highest BCUT2D eigenvalue weighted by Crippen LogP contribution is 2.28. The van der Waals surface area contributed by atoms with Crippen LogP contribution in [0.4, 0.5) is 4.39 Å². The van der Waals surface area contributed by atoms with E-state index in [1.807, 2.05) is 13.8 Å². The molecule has 0 saturated heterocycles. The first kappa shape index (κ1) is 14.0. The Morgan fingerprint density at radius 2 is 2.21 bits per heavy atom. The Bertz CT molecular complexity index is 571. The first-order valence-corrected chi connectivity index (χ1v) is 6.45. The summed E-state index contributed by atoms with van der Waals surface area (Å²) in [5.74, 6) is 0.423. The molecule has 102 valence electrons. The standard InChI is InChI=1S/C13H15ClFN3O/c1-3-9(7(2)16)13-17-12(18-19-13)10-5-4-8(15)6-11(10)14/h4-7,9H,3,16H2,1-2H3. The molecule has 0 fully saturated rings. The van der Waals surface area contributed by atoms with Crippen molar-refractivity contribution in [1.29, 1.82) is 0 Å². The first-order chi connectivity index (χ1) is 9.02. The molecule has 1 aromatic heterocycles. The zero-order valence-corrected chi connectivity index (χ0v) is 11.5. The van der Waals surface area contributed by atoms with Gasteiger partial charge >= 0.3 is 0 Å². The number of rotatable bonds is 4. The summed E-state index contributed by atoms with van der Waals surface area (Å²) in [6.45, 7) is 3.89. The van der Waals surface area contributed by atoms with E-state index in [2.05, 4.69) is 10.1 Å². The summed E-state index contributed by atoms with van der Waals surface area (Å²) in [5.41, 5.74) is 6.41. The molecule has 1 heterocycles. The van der Waals surface area contributed by atoms with E-state index in [9.17, 15) is 4.39 Å². The molecule has 1 aromatic carbocycles. The van der Waals surface area contributed by atoms with Crippen molar-refractivity contribution in [1.82, 2.24) is 10.1 Å². The van der Waals surface area contributed by atoms with E-state index in [0.717, 1.165) is 6.42 Å². The number of benzene rings is 1. The Balaban J connectivity index is 2.35. The minimum atomic E-state index is -0.403. The van der Waals surface area contributed by atoms with Gasteiger partial charge in [-0.05, 0) is 31.5 Å². The lowest BCUT2D eigenvalue weighted by molar-refractivity contribution is 0.334. The topological polar surface area (TPSA) is 64.9 Å². The number of aromatic nitrogens is 2. The van der Waals surface area contributed by atoms with Crippen LogP contribution in [0.25, 0.3) is 11.4 Å². The number of halogens is 2. The van der Waals surface area contributed by atoms with Gasteiger partial charge in [0, 0.05) is 11.6 Å². The quantitative estimate of drug-likeness (QED) is 0.934. The molecule has 0 aliphatic heterocycles. The fourth-order valence-electron chi connectivity index (χ4n) is 1.94. The van der Waals surface area contributed by atoms with Crippen molar-refractivity contribution in [2.24, 2.45) is 5.73 Å². The second-order valence-corrected chi connectivity index (χ2v) is 4.86. The Morgan fingerprint density at radius 3 is 2.79 bits per heavy atom. The lowest BCUT2D eigenvalue weighted by Crippen LogP contribution is -2.24. The van der Waals surface area contributed by atoms with E-state index in [1.165, 1.54) is 18.2 Å². The maximum atomic E-state index is 13.0. The summed E-state index contributed by atoms with van der Waals surface area (Å²) >= 11 is 5.96. The molecule has 0 aliphatic rings. The number of hydrogen-bond donors (Lipinski definition) is 1. The zero-order valence-electron chi connectivity index (χ0n) is 10.7. The van der Waals surface area contributed by atoms with Crippen molar-refractivity contribution in [3.63, 3.8) is 0 Å². The van der Waals surface area contributed by atoms with E-state index < -0.39 is 5.82 Å². The fourth-order valence-corrected chi connectivity index (χ4v) is 2.19. The monoisotopic (exact) mass is 283 g/mol. The van der Waals surface area contributed by atoms with Crippen LogP contribution in [0.1, 0.15) is 32.1 Å². The van der Waals surface area contributed by atoms with Crippen LogP contribution >= 0.6 is 11.6 Å². The van der Waals surface area contributed by atoms with Crippen molar-refractivity contribution >= 4 is 11.6 Å². The maximum Gasteiger partial charge on any atom is 0.231 e. The van der Waals surface area contributed by atoms with E-state index in [-0.39, 0.29) is 17.0 Å². The average molecular weight is 284 g/mol. The number of nitrogens with zero attached hydrogens (tertiary/aromatic N) is 2. The van der Waals surface area contributed by atoms with Crippen LogP contribution in [0.3, 0.4) is 0 Å². The summed E-state index contributed by atoms with van der Waals surface area (Å²) in [6, 6.07) is 3.97. The lowest BCUT2D eigenvalue weighted by Gasteiger charge is -2.13. The van der Waals surface area contributed by atoms with Gasteiger partial charge in [0.1, 0.15) is 5.82 Å². The third-order valence-corrected chi connectivity index (χ3v) is 3.32. The first-order valence-electron chi connectivity index (χ1n) is 6.07. The number of nitrogens with two attached hydrogens (primary N) is 1. The molecule has 6 heteroatoms. The molecule has 0 aliphatic carbocycles. The van der Waals surface area contributed by atoms with E-state index >= 15 is 0 Å². The summed E-state index contributed by atoms with van der Waals surface area (Å²) in [5, 5.41) is 4.13. The van der Waals surface area contributed by atoms with Crippen LogP contribution in [0, 0.1) is 5.82 Å².